The van der Waals surface area contributed by atoms with Crippen molar-refractivity contribution in [2.24, 2.45) is 5.92 Å². The minimum absolute atomic E-state index is 0.776. The summed E-state index contributed by atoms with van der Waals surface area (Å²) in [6.07, 6.45) is 7.00. The van der Waals surface area contributed by atoms with Gasteiger partial charge in [0.05, 0.1) is 0 Å². The lowest BCUT2D eigenvalue weighted by molar-refractivity contribution is 0.530. The smallest absolute Gasteiger partial charge is 0.0203 e. The molecule has 0 saturated carbocycles. The van der Waals surface area contributed by atoms with Gasteiger partial charge in [0.15, 0.2) is 0 Å². The third-order valence-corrected chi connectivity index (χ3v) is 2.88. The third-order valence-electron chi connectivity index (χ3n) is 2.88. The van der Waals surface area contributed by atoms with Crippen LogP contribution in [0.1, 0.15) is 53.4 Å². The summed E-state index contributed by atoms with van der Waals surface area (Å²) in [4.78, 5) is 0. The first-order valence-electron chi connectivity index (χ1n) is 5.53. The van der Waals surface area contributed by atoms with Gasteiger partial charge in [-0.2, -0.15) is 0 Å². The lowest BCUT2D eigenvalue weighted by Gasteiger charge is -2.17. The monoisotopic (exact) mass is 180 g/mol. The van der Waals surface area contributed by atoms with E-state index in [0.29, 0.717) is 0 Å². The van der Waals surface area contributed by atoms with Gasteiger partial charge in [-0.3, -0.25) is 0 Å². The molecule has 0 heterocycles. The van der Waals surface area contributed by atoms with Crippen molar-refractivity contribution in [3.8, 4) is 0 Å². The molecule has 0 heteroatoms. The molecule has 0 aliphatic rings. The van der Waals surface area contributed by atoms with E-state index in [1.807, 2.05) is 6.08 Å². The molecule has 0 amide bonds. The van der Waals surface area contributed by atoms with Crippen molar-refractivity contribution in [1.29, 1.82) is 0 Å². The van der Waals surface area contributed by atoms with Gasteiger partial charge >= 0.3 is 0 Å². The van der Waals surface area contributed by atoms with Gasteiger partial charge in [0.25, 0.3) is 0 Å². The van der Waals surface area contributed by atoms with Crippen LogP contribution in [0.5, 0.6) is 0 Å². The highest BCUT2D eigenvalue weighted by Gasteiger charge is 2.09. The summed E-state index contributed by atoms with van der Waals surface area (Å²) >= 11 is 0. The third kappa shape index (κ3) is 3.80. The van der Waals surface area contributed by atoms with Gasteiger partial charge < -0.3 is 0 Å². The molecule has 0 rings (SSSR count). The molecule has 0 N–H and O–H groups in total. The average molecular weight is 180 g/mol. The summed E-state index contributed by atoms with van der Waals surface area (Å²) < 4.78 is 0. The van der Waals surface area contributed by atoms with Gasteiger partial charge in [-0.15, -0.1) is 0 Å². The molecule has 0 spiro atoms. The van der Waals surface area contributed by atoms with E-state index in [1.165, 1.54) is 24.8 Å². The molecule has 1 unspecified atom stereocenters. The van der Waals surface area contributed by atoms with Gasteiger partial charge in [0, 0.05) is 0 Å². The summed E-state index contributed by atoms with van der Waals surface area (Å²) in [6, 6.07) is 0. The van der Waals surface area contributed by atoms with Crippen LogP contribution in [0.15, 0.2) is 23.8 Å². The molecule has 0 fully saturated rings. The lowest BCUT2D eigenvalue weighted by atomic mass is 9.89. The minimum atomic E-state index is 0.776. The molecular weight excluding hydrogens is 156 g/mol. The summed E-state index contributed by atoms with van der Waals surface area (Å²) in [7, 11) is 0. The fourth-order valence-electron chi connectivity index (χ4n) is 1.92. The zero-order valence-electron chi connectivity index (χ0n) is 9.69. The number of allylic oxidation sites excluding steroid dienone is 3. The molecule has 0 saturated heterocycles. The minimum Gasteiger partial charge on any atom is -0.0988 e. The molecule has 0 aromatic carbocycles. The number of hydrogen-bond donors (Lipinski definition) is 0. The molecule has 13 heavy (non-hydrogen) atoms. The van der Waals surface area contributed by atoms with Crippen molar-refractivity contribution in [2.75, 3.05) is 0 Å². The Morgan fingerprint density at radius 2 is 1.92 bits per heavy atom. The fourth-order valence-corrected chi connectivity index (χ4v) is 1.92. The van der Waals surface area contributed by atoms with E-state index >= 15 is 0 Å². The van der Waals surface area contributed by atoms with E-state index < -0.39 is 0 Å². The quantitative estimate of drug-likeness (QED) is 0.519. The Bertz CT molecular complexity index is 174. The second-order valence-electron chi connectivity index (χ2n) is 3.66. The first-order chi connectivity index (χ1) is 6.21. The summed E-state index contributed by atoms with van der Waals surface area (Å²) in [5, 5.41) is 0. The Balaban J connectivity index is 4.56. The van der Waals surface area contributed by atoms with Gasteiger partial charge in [0.2, 0.25) is 0 Å². The van der Waals surface area contributed by atoms with E-state index in [0.717, 1.165) is 12.3 Å². The van der Waals surface area contributed by atoms with E-state index in [9.17, 15) is 0 Å². The molecular formula is C13H24. The fraction of sp³-hybridized carbons (Fsp3) is 0.692. The molecule has 0 aromatic rings. The first-order valence-corrected chi connectivity index (χ1v) is 5.53. The zero-order chi connectivity index (χ0) is 10.3. The summed E-state index contributed by atoms with van der Waals surface area (Å²) in [6.45, 7) is 12.9. The summed E-state index contributed by atoms with van der Waals surface area (Å²) in [5.41, 5.74) is 3.00. The molecule has 0 nitrogen and oxygen atoms in total. The Morgan fingerprint density at radius 3 is 2.23 bits per heavy atom. The lowest BCUT2D eigenvalue weighted by Crippen LogP contribution is -2.02. The van der Waals surface area contributed by atoms with E-state index in [1.54, 1.807) is 5.57 Å². The van der Waals surface area contributed by atoms with Crippen molar-refractivity contribution < 1.29 is 0 Å². The number of hydrogen-bond acceptors (Lipinski definition) is 0. The van der Waals surface area contributed by atoms with Crippen molar-refractivity contribution in [2.45, 2.75) is 53.4 Å². The van der Waals surface area contributed by atoms with Crippen molar-refractivity contribution in [3.05, 3.63) is 23.8 Å². The van der Waals surface area contributed by atoms with Crippen molar-refractivity contribution >= 4 is 0 Å². The second-order valence-corrected chi connectivity index (χ2v) is 3.66. The van der Waals surface area contributed by atoms with Crippen LogP contribution in [0.4, 0.5) is 0 Å². The Labute approximate surface area is 83.7 Å². The molecule has 0 aliphatic heterocycles. The Morgan fingerprint density at radius 1 is 1.31 bits per heavy atom. The second kappa shape index (κ2) is 6.94. The summed E-state index contributed by atoms with van der Waals surface area (Å²) in [5.74, 6) is 0.776. The largest absolute Gasteiger partial charge is 0.0988 e. The van der Waals surface area contributed by atoms with Crippen LogP contribution in [0.25, 0.3) is 0 Å². The van der Waals surface area contributed by atoms with Crippen molar-refractivity contribution in [3.63, 3.8) is 0 Å². The van der Waals surface area contributed by atoms with E-state index in [-0.39, 0.29) is 0 Å². The van der Waals surface area contributed by atoms with Crippen LogP contribution in [-0.4, -0.2) is 0 Å². The Hall–Kier alpha value is -0.520. The van der Waals surface area contributed by atoms with E-state index in [4.69, 9.17) is 0 Å². The topological polar surface area (TPSA) is 0 Å². The zero-order valence-corrected chi connectivity index (χ0v) is 9.69. The maximum atomic E-state index is 3.87. The average Bonchev–Trinajstić information content (AvgIpc) is 2.15. The molecule has 1 atom stereocenters. The SMILES string of the molecule is C=C/C(CC)=C(/C)C(CC)CCC. The van der Waals surface area contributed by atoms with Gasteiger partial charge in [-0.1, -0.05) is 45.4 Å². The van der Waals surface area contributed by atoms with Crippen LogP contribution >= 0.6 is 0 Å². The highest BCUT2D eigenvalue weighted by molar-refractivity contribution is 5.24. The molecule has 0 aliphatic carbocycles. The van der Waals surface area contributed by atoms with Gasteiger partial charge in [0.1, 0.15) is 0 Å². The first kappa shape index (κ1) is 12.5. The van der Waals surface area contributed by atoms with Crippen LogP contribution in [0.2, 0.25) is 0 Å². The van der Waals surface area contributed by atoms with E-state index in [2.05, 4.69) is 34.3 Å². The van der Waals surface area contributed by atoms with Crippen LogP contribution < -0.4 is 0 Å². The highest BCUT2D eigenvalue weighted by atomic mass is 14.1. The van der Waals surface area contributed by atoms with Crippen LogP contribution in [0, 0.1) is 5.92 Å². The molecule has 0 aromatic heterocycles. The predicted molar refractivity (Wildman–Crippen MR) is 61.9 cm³/mol. The molecule has 0 radical (unpaired) electrons. The molecule has 76 valence electrons. The maximum Gasteiger partial charge on any atom is -0.0203 e. The van der Waals surface area contributed by atoms with Crippen molar-refractivity contribution in [1.82, 2.24) is 0 Å². The van der Waals surface area contributed by atoms with Gasteiger partial charge in [-0.25, -0.2) is 0 Å². The molecule has 0 bridgehead atoms. The van der Waals surface area contributed by atoms with Gasteiger partial charge in [-0.05, 0) is 37.7 Å². The number of rotatable bonds is 6. The predicted octanol–water partition coefficient (Wildman–Crippen LogP) is 4.73. The standard InChI is InChI=1S/C13H24/c1-6-10-13(9-4)11(5)12(7-2)8-3/h7,13H,2,6,8-10H2,1,3-5H3/b12-11+. The van der Waals surface area contributed by atoms with Crippen LogP contribution in [0.3, 0.4) is 0 Å². The maximum absolute atomic E-state index is 3.87. The normalized spacial score (nSPS) is 15.1. The van der Waals surface area contributed by atoms with Crippen LogP contribution in [-0.2, 0) is 0 Å². The Kier molecular flexibility index (Phi) is 6.66. The highest BCUT2D eigenvalue weighted by Crippen LogP contribution is 2.24.